The SMILES string of the molecule is CC(C)[C@H]1CC[C@H](C)C/C1=N/Nc1ccc(S(N)(=O)=O)cc1[N+](=O)[O-]. The van der Waals surface area contributed by atoms with Crippen molar-refractivity contribution in [3.63, 3.8) is 0 Å². The van der Waals surface area contributed by atoms with Gasteiger partial charge in [-0.2, -0.15) is 5.10 Å². The molecule has 8 nitrogen and oxygen atoms in total. The zero-order chi connectivity index (χ0) is 18.8. The number of nitro benzene ring substituents is 1. The maximum Gasteiger partial charge on any atom is 0.295 e. The number of rotatable bonds is 5. The lowest BCUT2D eigenvalue weighted by atomic mass is 9.76. The molecule has 0 saturated heterocycles. The quantitative estimate of drug-likeness (QED) is 0.609. The molecule has 1 aromatic rings. The van der Waals surface area contributed by atoms with Gasteiger partial charge in [0.15, 0.2) is 0 Å². The third kappa shape index (κ3) is 4.76. The van der Waals surface area contributed by atoms with Crippen molar-refractivity contribution in [3.05, 3.63) is 28.3 Å². The summed E-state index contributed by atoms with van der Waals surface area (Å²) in [5, 5.41) is 20.7. The average Bonchev–Trinajstić information content (AvgIpc) is 2.51. The molecule has 0 amide bonds. The van der Waals surface area contributed by atoms with Crippen LogP contribution in [-0.4, -0.2) is 19.1 Å². The van der Waals surface area contributed by atoms with E-state index in [4.69, 9.17) is 5.14 Å². The summed E-state index contributed by atoms with van der Waals surface area (Å²) in [5.74, 6) is 1.30. The minimum Gasteiger partial charge on any atom is -0.272 e. The van der Waals surface area contributed by atoms with Crippen molar-refractivity contribution in [3.8, 4) is 0 Å². The van der Waals surface area contributed by atoms with Gasteiger partial charge in [0.05, 0.1) is 9.82 Å². The van der Waals surface area contributed by atoms with Gasteiger partial charge in [0.25, 0.3) is 5.69 Å². The maximum absolute atomic E-state index is 11.4. The standard InChI is InChI=1S/C16H24N4O4S/c1-10(2)13-6-4-11(3)8-15(13)19-18-14-7-5-12(25(17,23)24)9-16(14)20(21)22/h5,7,9-11,13,18H,4,6,8H2,1-3H3,(H2,17,23,24)/b19-15-/t11-,13+/m0/s1. The second-order valence-corrected chi connectivity index (χ2v) is 8.49. The first kappa shape index (κ1) is 19.3. The van der Waals surface area contributed by atoms with Gasteiger partial charge in [-0.15, -0.1) is 0 Å². The van der Waals surface area contributed by atoms with E-state index in [0.717, 1.165) is 31.0 Å². The number of nitro groups is 1. The van der Waals surface area contributed by atoms with Crippen LogP contribution in [0.4, 0.5) is 11.4 Å². The number of hydrogen-bond donors (Lipinski definition) is 2. The largest absolute Gasteiger partial charge is 0.295 e. The van der Waals surface area contributed by atoms with E-state index in [1.807, 2.05) is 0 Å². The van der Waals surface area contributed by atoms with E-state index in [0.29, 0.717) is 17.8 Å². The lowest BCUT2D eigenvalue weighted by molar-refractivity contribution is -0.384. The molecule has 0 aliphatic heterocycles. The molecule has 3 N–H and O–H groups in total. The number of primary sulfonamides is 1. The molecule has 1 aromatic carbocycles. The lowest BCUT2D eigenvalue weighted by Gasteiger charge is -2.30. The molecule has 0 radical (unpaired) electrons. The van der Waals surface area contributed by atoms with Gasteiger partial charge in [-0.1, -0.05) is 20.8 Å². The Hall–Kier alpha value is -2.00. The lowest BCUT2D eigenvalue weighted by Crippen LogP contribution is -2.28. The van der Waals surface area contributed by atoms with Crippen LogP contribution in [0.5, 0.6) is 0 Å². The van der Waals surface area contributed by atoms with E-state index < -0.39 is 14.9 Å². The molecule has 138 valence electrons. The fourth-order valence-electron chi connectivity index (χ4n) is 3.15. The highest BCUT2D eigenvalue weighted by molar-refractivity contribution is 7.89. The Balaban J connectivity index is 2.34. The van der Waals surface area contributed by atoms with Gasteiger partial charge < -0.3 is 0 Å². The molecule has 1 aliphatic rings. The molecule has 0 heterocycles. The Morgan fingerprint density at radius 1 is 1.36 bits per heavy atom. The summed E-state index contributed by atoms with van der Waals surface area (Å²) in [6.45, 7) is 6.44. The van der Waals surface area contributed by atoms with E-state index >= 15 is 0 Å². The van der Waals surface area contributed by atoms with Crippen molar-refractivity contribution < 1.29 is 13.3 Å². The average molecular weight is 368 g/mol. The van der Waals surface area contributed by atoms with E-state index in [9.17, 15) is 18.5 Å². The maximum atomic E-state index is 11.4. The first-order chi connectivity index (χ1) is 11.6. The summed E-state index contributed by atoms with van der Waals surface area (Å²) in [4.78, 5) is 10.3. The molecule has 2 atom stereocenters. The van der Waals surface area contributed by atoms with E-state index in [1.165, 1.54) is 12.1 Å². The Morgan fingerprint density at radius 2 is 2.04 bits per heavy atom. The Morgan fingerprint density at radius 3 is 2.60 bits per heavy atom. The van der Waals surface area contributed by atoms with Crippen LogP contribution in [-0.2, 0) is 10.0 Å². The van der Waals surface area contributed by atoms with Crippen LogP contribution in [0.25, 0.3) is 0 Å². The molecule has 0 unspecified atom stereocenters. The molecule has 0 spiro atoms. The van der Waals surface area contributed by atoms with Crippen molar-refractivity contribution in [2.45, 2.75) is 44.9 Å². The van der Waals surface area contributed by atoms with Crippen molar-refractivity contribution in [1.82, 2.24) is 0 Å². The predicted octanol–water partition coefficient (Wildman–Crippen LogP) is 3.10. The van der Waals surface area contributed by atoms with Crippen LogP contribution in [0.3, 0.4) is 0 Å². The number of nitrogens with two attached hydrogens (primary N) is 1. The van der Waals surface area contributed by atoms with Gasteiger partial charge >= 0.3 is 0 Å². The summed E-state index contributed by atoms with van der Waals surface area (Å²) in [5.41, 5.74) is 3.53. The molecule has 25 heavy (non-hydrogen) atoms. The number of hydrazone groups is 1. The summed E-state index contributed by atoms with van der Waals surface area (Å²) in [6.07, 6.45) is 3.04. The van der Waals surface area contributed by atoms with Crippen molar-refractivity contribution >= 4 is 27.1 Å². The van der Waals surface area contributed by atoms with E-state index in [-0.39, 0.29) is 16.3 Å². The Bertz CT molecular complexity index is 789. The molecule has 9 heteroatoms. The number of hydrogen-bond acceptors (Lipinski definition) is 6. The van der Waals surface area contributed by atoms with Crippen LogP contribution >= 0.6 is 0 Å². The fourth-order valence-corrected chi connectivity index (χ4v) is 3.69. The van der Waals surface area contributed by atoms with E-state index in [2.05, 4.69) is 31.3 Å². The summed E-state index contributed by atoms with van der Waals surface area (Å²) in [6, 6.07) is 3.49. The van der Waals surface area contributed by atoms with Crippen LogP contribution in [0.15, 0.2) is 28.2 Å². The molecular weight excluding hydrogens is 344 g/mol. The third-order valence-corrected chi connectivity index (χ3v) is 5.49. The molecule has 1 fully saturated rings. The predicted molar refractivity (Wildman–Crippen MR) is 96.9 cm³/mol. The molecule has 1 aliphatic carbocycles. The normalized spacial score (nSPS) is 23.0. The zero-order valence-corrected chi connectivity index (χ0v) is 15.4. The highest BCUT2D eigenvalue weighted by atomic mass is 32.2. The number of sulfonamides is 1. The second-order valence-electron chi connectivity index (χ2n) is 6.93. The topological polar surface area (TPSA) is 128 Å². The van der Waals surface area contributed by atoms with Gasteiger partial charge in [-0.3, -0.25) is 15.5 Å². The molecular formula is C16H24N4O4S. The van der Waals surface area contributed by atoms with Crippen molar-refractivity contribution in [2.75, 3.05) is 5.43 Å². The van der Waals surface area contributed by atoms with Crippen LogP contribution in [0.1, 0.15) is 40.0 Å². The molecule has 2 rings (SSSR count). The third-order valence-electron chi connectivity index (χ3n) is 4.58. The zero-order valence-electron chi connectivity index (χ0n) is 14.6. The highest BCUT2D eigenvalue weighted by Gasteiger charge is 2.27. The minimum atomic E-state index is -4.01. The summed E-state index contributed by atoms with van der Waals surface area (Å²) in [7, 11) is -4.01. The molecule has 0 bridgehead atoms. The monoisotopic (exact) mass is 368 g/mol. The molecule has 1 saturated carbocycles. The number of nitrogens with zero attached hydrogens (tertiary/aromatic N) is 2. The summed E-state index contributed by atoms with van der Waals surface area (Å²) >= 11 is 0. The van der Waals surface area contributed by atoms with Crippen LogP contribution in [0.2, 0.25) is 0 Å². The minimum absolute atomic E-state index is 0.144. The first-order valence-corrected chi connectivity index (χ1v) is 9.78. The van der Waals surface area contributed by atoms with Gasteiger partial charge in [0.1, 0.15) is 5.69 Å². The Kier molecular flexibility index (Phi) is 5.79. The van der Waals surface area contributed by atoms with Gasteiger partial charge in [-0.05, 0) is 43.2 Å². The smallest absolute Gasteiger partial charge is 0.272 e. The second kappa shape index (κ2) is 7.49. The summed E-state index contributed by atoms with van der Waals surface area (Å²) < 4.78 is 22.8. The Labute approximate surface area is 147 Å². The number of anilines is 1. The van der Waals surface area contributed by atoms with Gasteiger partial charge in [0.2, 0.25) is 10.0 Å². The highest BCUT2D eigenvalue weighted by Crippen LogP contribution is 2.32. The number of nitrogens with one attached hydrogen (secondary N) is 1. The number of benzene rings is 1. The van der Waals surface area contributed by atoms with Crippen molar-refractivity contribution in [1.29, 1.82) is 0 Å². The first-order valence-electron chi connectivity index (χ1n) is 8.23. The van der Waals surface area contributed by atoms with Crippen molar-refractivity contribution in [2.24, 2.45) is 28.0 Å². The van der Waals surface area contributed by atoms with Gasteiger partial charge in [-0.25, -0.2) is 13.6 Å². The molecule has 0 aromatic heterocycles. The fraction of sp³-hybridized carbons (Fsp3) is 0.562. The van der Waals surface area contributed by atoms with Crippen LogP contribution < -0.4 is 10.6 Å². The van der Waals surface area contributed by atoms with E-state index in [1.54, 1.807) is 0 Å². The van der Waals surface area contributed by atoms with Gasteiger partial charge in [0, 0.05) is 17.7 Å². The van der Waals surface area contributed by atoms with Crippen LogP contribution in [0, 0.1) is 27.9 Å².